The number of carbonyl (C=O) groups excluding carboxylic acids is 6. The third-order valence-corrected chi connectivity index (χ3v) is 11.9. The molecule has 4 aromatic rings. The van der Waals surface area contributed by atoms with Crippen molar-refractivity contribution >= 4 is 75.3 Å². The van der Waals surface area contributed by atoms with Crippen LogP contribution in [0.4, 0.5) is 14.5 Å². The molecule has 2 fully saturated rings. The van der Waals surface area contributed by atoms with E-state index >= 15 is 0 Å². The number of unbranched alkanes of at least 4 members (excludes halogenated alkanes) is 5. The van der Waals surface area contributed by atoms with Crippen molar-refractivity contribution in [2.75, 3.05) is 11.9 Å². The van der Waals surface area contributed by atoms with Crippen LogP contribution in [0.2, 0.25) is 0 Å². The van der Waals surface area contributed by atoms with Crippen LogP contribution in [0.15, 0.2) is 72.9 Å². The lowest BCUT2D eigenvalue weighted by Gasteiger charge is -2.29. The summed E-state index contributed by atoms with van der Waals surface area (Å²) in [5, 5.41) is 8.98. The number of benzene rings is 3. The van der Waals surface area contributed by atoms with Crippen molar-refractivity contribution in [2.45, 2.75) is 101 Å². The molecule has 5 N–H and O–H groups in total. The third kappa shape index (κ3) is 9.94. The average molecular weight is 851 g/mol. The molecule has 6 amide bonds. The number of nitrogens with one attached hydrogen (secondary N) is 3. The molecule has 1 aliphatic carbocycles. The maximum absolute atomic E-state index is 14.1. The number of amides is 6. The number of fused-ring (bicyclic) bond motifs is 2. The van der Waals surface area contributed by atoms with Crippen LogP contribution >= 0.6 is 12.2 Å². The number of aromatic nitrogens is 1. The van der Waals surface area contributed by atoms with Crippen molar-refractivity contribution in [2.24, 2.45) is 5.73 Å². The van der Waals surface area contributed by atoms with Crippen molar-refractivity contribution in [1.29, 1.82) is 0 Å². The van der Waals surface area contributed by atoms with E-state index in [1.807, 2.05) is 48.7 Å². The highest BCUT2D eigenvalue weighted by Crippen LogP contribution is 2.42. The van der Waals surface area contributed by atoms with Gasteiger partial charge in [-0.25, -0.2) is 8.78 Å². The van der Waals surface area contributed by atoms with Crippen molar-refractivity contribution in [3.05, 3.63) is 95.2 Å². The van der Waals surface area contributed by atoms with E-state index in [1.54, 1.807) is 12.1 Å². The Balaban J connectivity index is 0.840. The summed E-state index contributed by atoms with van der Waals surface area (Å²) < 4.78 is 30.3. The van der Waals surface area contributed by atoms with Gasteiger partial charge in [-0.2, -0.15) is 0 Å². The van der Waals surface area contributed by atoms with E-state index in [0.717, 1.165) is 64.6 Å². The van der Waals surface area contributed by atoms with Crippen LogP contribution in [0.1, 0.15) is 121 Å². The molecule has 12 nitrogen and oxygen atoms in total. The van der Waals surface area contributed by atoms with E-state index in [1.165, 1.54) is 18.2 Å². The number of nitrogens with zero attached hydrogens (tertiary/aromatic N) is 2. The van der Waals surface area contributed by atoms with E-state index < -0.39 is 35.6 Å². The first kappa shape index (κ1) is 43.0. The molecule has 1 atom stereocenters. The molecule has 3 aliphatic rings. The fourth-order valence-corrected chi connectivity index (χ4v) is 8.59. The van der Waals surface area contributed by atoms with Crippen LogP contribution in [-0.2, 0) is 19.2 Å². The quantitative estimate of drug-likeness (QED) is 0.0387. The molecule has 61 heavy (non-hydrogen) atoms. The number of nitrogens with two attached hydrogens (primary N) is 1. The second kappa shape index (κ2) is 18.7. The average Bonchev–Trinajstić information content (AvgIpc) is 3.73. The standard InChI is InChI=1S/C46H48F2N6O6S/c47-46(48)22-20-32(21-23-46)53-27-35(29-10-7-11-30(25-29)42(49)61)33-16-15-31(26-37(33)53)51-39(56)13-5-3-1-2-4-6-24-50-38(55)18-14-28-9-8-12-34-41(28)45(60)54(44(34)59)36-17-19-40(57)52-43(36)58/h7-12,14-16,18,25-27,32,36H,1-6,13,17,19-24H2,(H2,49,61)(H,50,55)(H,51,56)(H,52,57,58)/b18-14+. The highest BCUT2D eigenvalue weighted by molar-refractivity contribution is 7.80. The summed E-state index contributed by atoms with van der Waals surface area (Å²) in [6.07, 6.45) is 10.7. The molecule has 1 saturated heterocycles. The van der Waals surface area contributed by atoms with Gasteiger partial charge in [-0.15, -0.1) is 0 Å². The molecule has 2 aliphatic heterocycles. The van der Waals surface area contributed by atoms with Crippen LogP contribution in [0, 0.1) is 0 Å². The Bertz CT molecular complexity index is 2440. The first-order valence-electron chi connectivity index (χ1n) is 20.8. The Morgan fingerprint density at radius 1 is 0.885 bits per heavy atom. The maximum Gasteiger partial charge on any atom is 0.262 e. The molecule has 0 bridgehead atoms. The van der Waals surface area contributed by atoms with Gasteiger partial charge in [0.15, 0.2) is 0 Å². The van der Waals surface area contributed by atoms with Gasteiger partial charge in [0.05, 0.1) is 16.6 Å². The molecule has 0 radical (unpaired) electrons. The monoisotopic (exact) mass is 850 g/mol. The van der Waals surface area contributed by atoms with Gasteiger partial charge >= 0.3 is 0 Å². The first-order chi connectivity index (χ1) is 29.3. The second-order valence-corrected chi connectivity index (χ2v) is 16.4. The van der Waals surface area contributed by atoms with E-state index in [9.17, 15) is 37.5 Å². The van der Waals surface area contributed by atoms with Gasteiger partial charge in [-0.05, 0) is 73.6 Å². The topological polar surface area (TPSA) is 173 Å². The number of rotatable bonds is 16. The van der Waals surface area contributed by atoms with Crippen LogP contribution < -0.4 is 21.7 Å². The number of carbonyl (C=O) groups is 6. The van der Waals surface area contributed by atoms with Crippen LogP contribution in [0.25, 0.3) is 28.1 Å². The third-order valence-electron chi connectivity index (χ3n) is 11.7. The Morgan fingerprint density at radius 3 is 2.38 bits per heavy atom. The number of imide groups is 2. The Hall–Kier alpha value is -6.09. The van der Waals surface area contributed by atoms with Gasteiger partial charge in [0.1, 0.15) is 11.0 Å². The molecule has 1 unspecified atom stereocenters. The molecular formula is C46H48F2N6O6S. The van der Waals surface area contributed by atoms with Crippen molar-refractivity contribution < 1.29 is 37.5 Å². The molecule has 318 valence electrons. The van der Waals surface area contributed by atoms with Crippen molar-refractivity contribution in [3.8, 4) is 11.1 Å². The number of piperidine rings is 1. The molecule has 15 heteroatoms. The summed E-state index contributed by atoms with van der Waals surface area (Å²) in [5.41, 5.74) is 10.6. The molecule has 3 aromatic carbocycles. The van der Waals surface area contributed by atoms with Crippen LogP contribution in [-0.4, -0.2) is 68.4 Å². The van der Waals surface area contributed by atoms with Gasteiger partial charge in [-0.3, -0.25) is 39.0 Å². The molecule has 0 spiro atoms. The van der Waals surface area contributed by atoms with Crippen LogP contribution in [0.3, 0.4) is 0 Å². The lowest BCUT2D eigenvalue weighted by Crippen LogP contribution is -2.54. The predicted octanol–water partition coefficient (Wildman–Crippen LogP) is 7.59. The largest absolute Gasteiger partial charge is 0.389 e. The lowest BCUT2D eigenvalue weighted by atomic mass is 9.92. The highest BCUT2D eigenvalue weighted by Gasteiger charge is 2.45. The lowest BCUT2D eigenvalue weighted by molar-refractivity contribution is -0.136. The number of hydrogen-bond donors (Lipinski definition) is 4. The zero-order valence-corrected chi connectivity index (χ0v) is 34.5. The number of halogens is 2. The second-order valence-electron chi connectivity index (χ2n) is 16.0. The summed E-state index contributed by atoms with van der Waals surface area (Å²) in [7, 11) is 0. The minimum Gasteiger partial charge on any atom is -0.389 e. The summed E-state index contributed by atoms with van der Waals surface area (Å²) in [6.45, 7) is 0.454. The van der Waals surface area contributed by atoms with E-state index in [4.69, 9.17) is 18.0 Å². The zero-order chi connectivity index (χ0) is 43.3. The summed E-state index contributed by atoms with van der Waals surface area (Å²) >= 11 is 5.20. The van der Waals surface area contributed by atoms with E-state index in [2.05, 4.69) is 20.5 Å². The number of thiocarbonyl (C=S) groups is 1. The normalized spacial score (nSPS) is 17.8. The van der Waals surface area contributed by atoms with Crippen LogP contribution in [0.5, 0.6) is 0 Å². The maximum atomic E-state index is 14.1. The summed E-state index contributed by atoms with van der Waals surface area (Å²) in [5.74, 6) is -5.49. The number of alkyl halides is 2. The van der Waals surface area contributed by atoms with Gasteiger partial charge in [0, 0.05) is 72.7 Å². The zero-order valence-electron chi connectivity index (χ0n) is 33.6. The van der Waals surface area contributed by atoms with Crippen molar-refractivity contribution in [1.82, 2.24) is 20.1 Å². The molecule has 1 aromatic heterocycles. The molecule has 7 rings (SSSR count). The van der Waals surface area contributed by atoms with E-state index in [0.29, 0.717) is 43.5 Å². The first-order valence-corrected chi connectivity index (χ1v) is 21.2. The summed E-state index contributed by atoms with van der Waals surface area (Å²) in [6, 6.07) is 16.9. The highest BCUT2D eigenvalue weighted by atomic mass is 32.1. The SMILES string of the molecule is NC(=S)c1cccc(-c2cn(C3CCC(F)(F)CC3)c3cc(NC(=O)CCCCCCCCNC(=O)/C=C/c4cccc5c4C(=O)N(C4CCC(=O)NC4=O)C5=O)ccc23)c1. The minimum absolute atomic E-state index is 0.0238. The smallest absolute Gasteiger partial charge is 0.262 e. The van der Waals surface area contributed by atoms with Gasteiger partial charge < -0.3 is 20.9 Å². The van der Waals surface area contributed by atoms with Gasteiger partial charge in [-0.1, -0.05) is 74.3 Å². The fraction of sp³-hybridized carbons (Fsp3) is 0.370. The van der Waals surface area contributed by atoms with Gasteiger partial charge in [0.2, 0.25) is 29.6 Å². The molecular weight excluding hydrogens is 803 g/mol. The Kier molecular flexibility index (Phi) is 13.2. The Morgan fingerprint density at radius 2 is 1.62 bits per heavy atom. The minimum atomic E-state index is -2.65. The molecule has 3 heterocycles. The summed E-state index contributed by atoms with van der Waals surface area (Å²) in [4.78, 5) is 77.0. The van der Waals surface area contributed by atoms with E-state index in [-0.39, 0.29) is 59.7 Å². The number of anilines is 1. The Labute approximate surface area is 357 Å². The predicted molar refractivity (Wildman–Crippen MR) is 232 cm³/mol. The number of hydrogen-bond acceptors (Lipinski definition) is 7. The molecule has 1 saturated carbocycles. The van der Waals surface area contributed by atoms with Crippen molar-refractivity contribution in [3.63, 3.8) is 0 Å². The fourth-order valence-electron chi connectivity index (χ4n) is 8.46. The van der Waals surface area contributed by atoms with Gasteiger partial charge in [0.25, 0.3) is 11.8 Å².